The van der Waals surface area contributed by atoms with Crippen LogP contribution in [0.5, 0.6) is 0 Å². The number of nitrogens with one attached hydrogen (secondary N) is 1. The fourth-order valence-corrected chi connectivity index (χ4v) is 3.09. The van der Waals surface area contributed by atoms with E-state index < -0.39 is 30.5 Å². The average molecular weight is 342 g/mol. The molecule has 10 heteroatoms. The van der Waals surface area contributed by atoms with Gasteiger partial charge in [0.25, 0.3) is 0 Å². The minimum atomic E-state index is -4.75. The Hall–Kier alpha value is -1.26. The van der Waals surface area contributed by atoms with Gasteiger partial charge < -0.3 is 5.32 Å². The number of para-hydroxylation sites is 1. The molecule has 0 bridgehead atoms. The Morgan fingerprint density at radius 2 is 1.71 bits per heavy atom. The Labute approximate surface area is 122 Å². The second-order valence-electron chi connectivity index (χ2n) is 4.33. The molecule has 0 aliphatic heterocycles. The van der Waals surface area contributed by atoms with Crippen LogP contribution in [-0.2, 0) is 19.9 Å². The van der Waals surface area contributed by atoms with Gasteiger partial charge in [-0.3, -0.25) is 0 Å². The van der Waals surface area contributed by atoms with Crippen LogP contribution in [0, 0.1) is 0 Å². The van der Waals surface area contributed by atoms with Gasteiger partial charge in [0, 0.05) is 20.6 Å². The van der Waals surface area contributed by atoms with Crippen LogP contribution < -0.4 is 5.32 Å². The van der Waals surface area contributed by atoms with E-state index in [0.717, 1.165) is 10.4 Å². The summed E-state index contributed by atoms with van der Waals surface area (Å²) in [4.78, 5) is -0.553. The first-order valence-corrected chi connectivity index (χ1v) is 8.99. The lowest BCUT2D eigenvalue weighted by molar-refractivity contribution is 0.235. The molecule has 1 rings (SSSR count). The standard InChI is InChI=1S/C11H16F2N2O4S2/c1-15(2)20(16,17)8-7-14-9-5-3-4-6-10(9)21(18,19)11(12)13/h3-6,11,14H,7-8H2,1-2H3. The Kier molecular flexibility index (Phi) is 5.65. The number of halogens is 2. The first-order valence-electron chi connectivity index (χ1n) is 5.84. The molecule has 21 heavy (non-hydrogen) atoms. The molecule has 0 amide bonds. The zero-order valence-corrected chi connectivity index (χ0v) is 13.1. The van der Waals surface area contributed by atoms with Gasteiger partial charge in [-0.1, -0.05) is 12.1 Å². The molecule has 0 unspecified atom stereocenters. The zero-order chi connectivity index (χ0) is 16.3. The molecule has 0 saturated heterocycles. The van der Waals surface area contributed by atoms with Crippen LogP contribution in [0.3, 0.4) is 0 Å². The van der Waals surface area contributed by atoms with Gasteiger partial charge in [0.2, 0.25) is 19.9 Å². The number of anilines is 1. The molecule has 1 N–H and O–H groups in total. The molecule has 0 saturated carbocycles. The van der Waals surface area contributed by atoms with Crippen LogP contribution in [0.4, 0.5) is 14.5 Å². The number of alkyl halides is 2. The summed E-state index contributed by atoms with van der Waals surface area (Å²) in [5, 5.41) is 2.57. The topological polar surface area (TPSA) is 83.6 Å². The molecule has 1 aromatic rings. The van der Waals surface area contributed by atoms with Crippen molar-refractivity contribution in [1.82, 2.24) is 4.31 Å². The van der Waals surface area contributed by atoms with E-state index in [1.165, 1.54) is 32.3 Å². The molecule has 0 spiro atoms. The lowest BCUT2D eigenvalue weighted by Gasteiger charge is -2.14. The molecule has 0 aromatic heterocycles. The van der Waals surface area contributed by atoms with Crippen molar-refractivity contribution in [1.29, 1.82) is 0 Å². The molecule has 0 aliphatic carbocycles. The van der Waals surface area contributed by atoms with Crippen molar-refractivity contribution in [3.8, 4) is 0 Å². The van der Waals surface area contributed by atoms with Crippen molar-refractivity contribution in [2.75, 3.05) is 31.7 Å². The Morgan fingerprint density at radius 3 is 2.24 bits per heavy atom. The highest BCUT2D eigenvalue weighted by molar-refractivity contribution is 7.91. The molecular formula is C11H16F2N2O4S2. The van der Waals surface area contributed by atoms with Crippen LogP contribution in [0.25, 0.3) is 0 Å². The molecule has 120 valence electrons. The van der Waals surface area contributed by atoms with Crippen molar-refractivity contribution in [2.45, 2.75) is 10.7 Å². The maximum Gasteiger partial charge on any atom is 0.341 e. The van der Waals surface area contributed by atoms with E-state index >= 15 is 0 Å². The predicted molar refractivity (Wildman–Crippen MR) is 75.6 cm³/mol. The third-order valence-electron chi connectivity index (χ3n) is 2.66. The second-order valence-corrected chi connectivity index (χ2v) is 8.52. The minimum Gasteiger partial charge on any atom is -0.383 e. The molecule has 6 nitrogen and oxygen atoms in total. The van der Waals surface area contributed by atoms with Gasteiger partial charge in [0.05, 0.1) is 16.3 Å². The highest BCUT2D eigenvalue weighted by Crippen LogP contribution is 2.25. The van der Waals surface area contributed by atoms with E-state index in [4.69, 9.17) is 0 Å². The van der Waals surface area contributed by atoms with Gasteiger partial charge in [0.15, 0.2) is 0 Å². The van der Waals surface area contributed by atoms with Crippen molar-refractivity contribution < 1.29 is 25.6 Å². The number of benzene rings is 1. The quantitative estimate of drug-likeness (QED) is 0.799. The summed E-state index contributed by atoms with van der Waals surface area (Å²) in [5.74, 6) is -3.82. The summed E-state index contributed by atoms with van der Waals surface area (Å²) in [6.07, 6.45) is 0. The van der Waals surface area contributed by atoms with Crippen LogP contribution in [0.15, 0.2) is 29.2 Å². The van der Waals surface area contributed by atoms with Crippen molar-refractivity contribution in [3.63, 3.8) is 0 Å². The first kappa shape index (κ1) is 17.8. The van der Waals surface area contributed by atoms with Crippen molar-refractivity contribution in [3.05, 3.63) is 24.3 Å². The Morgan fingerprint density at radius 1 is 1.14 bits per heavy atom. The fourth-order valence-electron chi connectivity index (χ4n) is 1.45. The normalized spacial score (nSPS) is 12.9. The largest absolute Gasteiger partial charge is 0.383 e. The monoisotopic (exact) mass is 342 g/mol. The number of sulfonamides is 1. The van der Waals surface area contributed by atoms with Gasteiger partial charge in [-0.25, -0.2) is 21.1 Å². The fraction of sp³-hybridized carbons (Fsp3) is 0.455. The zero-order valence-electron chi connectivity index (χ0n) is 11.5. The number of rotatable bonds is 7. The molecule has 0 atom stereocenters. The smallest absolute Gasteiger partial charge is 0.341 e. The summed E-state index contributed by atoms with van der Waals surface area (Å²) in [6, 6.07) is 5.13. The number of hydrogen-bond donors (Lipinski definition) is 1. The summed E-state index contributed by atoms with van der Waals surface area (Å²) in [6.45, 7) is -0.101. The van der Waals surface area contributed by atoms with Crippen LogP contribution in [-0.4, -0.2) is 53.3 Å². The second kappa shape index (κ2) is 6.67. The lowest BCUT2D eigenvalue weighted by Crippen LogP contribution is -2.28. The van der Waals surface area contributed by atoms with Crippen LogP contribution in [0.2, 0.25) is 0 Å². The highest BCUT2D eigenvalue weighted by atomic mass is 32.2. The predicted octanol–water partition coefficient (Wildman–Crippen LogP) is 0.986. The lowest BCUT2D eigenvalue weighted by atomic mass is 10.3. The summed E-state index contributed by atoms with van der Waals surface area (Å²) in [5.41, 5.74) is -0.0493. The third-order valence-corrected chi connectivity index (χ3v) is 5.93. The molecule has 0 radical (unpaired) electrons. The molecule has 0 fully saturated rings. The first-order chi connectivity index (χ1) is 9.59. The summed E-state index contributed by atoms with van der Waals surface area (Å²) >= 11 is 0. The van der Waals surface area contributed by atoms with Gasteiger partial charge in [-0.2, -0.15) is 8.78 Å². The number of hydrogen-bond acceptors (Lipinski definition) is 5. The maximum atomic E-state index is 12.6. The van der Waals surface area contributed by atoms with E-state index in [-0.39, 0.29) is 18.0 Å². The Balaban J connectivity index is 2.92. The number of nitrogens with zero attached hydrogens (tertiary/aromatic N) is 1. The molecule has 1 aromatic carbocycles. The van der Waals surface area contributed by atoms with Crippen LogP contribution in [0.1, 0.15) is 0 Å². The highest BCUT2D eigenvalue weighted by Gasteiger charge is 2.29. The van der Waals surface area contributed by atoms with E-state index in [2.05, 4.69) is 5.32 Å². The molecular weight excluding hydrogens is 326 g/mol. The van der Waals surface area contributed by atoms with E-state index in [9.17, 15) is 25.6 Å². The van der Waals surface area contributed by atoms with Crippen molar-refractivity contribution >= 4 is 25.5 Å². The third kappa shape index (κ3) is 4.35. The summed E-state index contributed by atoms with van der Waals surface area (Å²) in [7, 11) is -5.47. The summed E-state index contributed by atoms with van der Waals surface area (Å²) < 4.78 is 72.3. The van der Waals surface area contributed by atoms with E-state index in [1.807, 2.05) is 0 Å². The van der Waals surface area contributed by atoms with Crippen molar-refractivity contribution in [2.24, 2.45) is 0 Å². The van der Waals surface area contributed by atoms with Gasteiger partial charge in [-0.05, 0) is 12.1 Å². The van der Waals surface area contributed by atoms with E-state index in [1.54, 1.807) is 0 Å². The van der Waals surface area contributed by atoms with Gasteiger partial charge >= 0.3 is 5.76 Å². The average Bonchev–Trinajstić information content (AvgIpc) is 2.38. The van der Waals surface area contributed by atoms with E-state index in [0.29, 0.717) is 0 Å². The Bertz CT molecular complexity index is 688. The molecule has 0 heterocycles. The molecule has 0 aliphatic rings. The minimum absolute atomic E-state index is 0.0493. The van der Waals surface area contributed by atoms with Crippen LogP contribution >= 0.6 is 0 Å². The number of sulfone groups is 1. The van der Waals surface area contributed by atoms with Gasteiger partial charge in [-0.15, -0.1) is 0 Å². The van der Waals surface area contributed by atoms with Gasteiger partial charge in [0.1, 0.15) is 0 Å². The maximum absolute atomic E-state index is 12.6. The SMILES string of the molecule is CN(C)S(=O)(=O)CCNc1ccccc1S(=O)(=O)C(F)F.